The van der Waals surface area contributed by atoms with Crippen LogP contribution in [0.5, 0.6) is 23.0 Å². The van der Waals surface area contributed by atoms with E-state index < -0.39 is 34.8 Å². The van der Waals surface area contributed by atoms with Crippen LogP contribution >= 0.6 is 0 Å². The second-order valence-electron chi connectivity index (χ2n) is 10.7. The van der Waals surface area contributed by atoms with Crippen LogP contribution in [0, 0.1) is 23.3 Å². The lowest BCUT2D eigenvalue weighted by Gasteiger charge is -2.17. The smallest absolute Gasteiger partial charge is 0.200 e. The van der Waals surface area contributed by atoms with Crippen molar-refractivity contribution < 1.29 is 46.1 Å². The van der Waals surface area contributed by atoms with E-state index in [-0.39, 0.29) is 36.2 Å². The molecule has 0 N–H and O–H groups in total. The van der Waals surface area contributed by atoms with Crippen LogP contribution in [-0.2, 0) is 0 Å². The van der Waals surface area contributed by atoms with E-state index in [4.69, 9.17) is 18.9 Å². The van der Waals surface area contributed by atoms with Crippen molar-refractivity contribution >= 4 is 11.6 Å². The number of carbonyl (C=O) groups excluding carboxylic acids is 2. The highest BCUT2D eigenvalue weighted by atomic mass is 19.2. The second-order valence-corrected chi connectivity index (χ2v) is 10.7. The number of rotatable bonds is 12. The Morgan fingerprint density at radius 2 is 1.00 bits per heavy atom. The largest absolute Gasteiger partial charge is 0.493 e. The molecule has 0 radical (unpaired) electrons. The van der Waals surface area contributed by atoms with E-state index in [0.29, 0.717) is 23.0 Å². The van der Waals surface area contributed by atoms with Crippen molar-refractivity contribution in [2.75, 3.05) is 27.4 Å². The van der Waals surface area contributed by atoms with Gasteiger partial charge in [0, 0.05) is 11.1 Å². The zero-order valence-electron chi connectivity index (χ0n) is 24.6. The zero-order valence-corrected chi connectivity index (χ0v) is 24.6. The Kier molecular flexibility index (Phi) is 9.71. The summed E-state index contributed by atoms with van der Waals surface area (Å²) in [4.78, 5) is 24.9. The first-order valence-electron chi connectivity index (χ1n) is 14.2. The highest BCUT2D eigenvalue weighted by molar-refractivity contribution is 5.97. The summed E-state index contributed by atoms with van der Waals surface area (Å²) in [6, 6.07) is 17.0. The average molecular weight is 623 g/mol. The maximum Gasteiger partial charge on any atom is 0.200 e. The van der Waals surface area contributed by atoms with Crippen LogP contribution < -0.4 is 18.9 Å². The first-order chi connectivity index (χ1) is 21.7. The molecule has 0 bridgehead atoms. The molecule has 1 aliphatic rings. The predicted octanol–water partition coefficient (Wildman–Crippen LogP) is 7.83. The molecule has 10 heteroatoms. The number of benzene rings is 4. The molecule has 4 aromatic carbocycles. The van der Waals surface area contributed by atoms with Gasteiger partial charge in [-0.25, -0.2) is 17.6 Å². The quantitative estimate of drug-likeness (QED) is 0.119. The molecule has 0 spiro atoms. The number of halogens is 4. The van der Waals surface area contributed by atoms with Crippen molar-refractivity contribution in [3.63, 3.8) is 0 Å². The lowest BCUT2D eigenvalue weighted by molar-refractivity contribution is 0.0912. The Labute approximate surface area is 257 Å². The fraction of sp³-hybridized carbons (Fsp3) is 0.257. The van der Waals surface area contributed by atoms with Crippen LogP contribution in [0.4, 0.5) is 17.6 Å². The fourth-order valence-electron chi connectivity index (χ4n) is 5.49. The van der Waals surface area contributed by atoms with E-state index >= 15 is 0 Å². The number of carbonyl (C=O) groups is 2. The summed E-state index contributed by atoms with van der Waals surface area (Å²) < 4.78 is 75.8. The third kappa shape index (κ3) is 7.28. The Morgan fingerprint density at radius 3 is 1.38 bits per heavy atom. The standard InChI is InChI=1S/C35H30F4O6/c1-42-34-16-22(7-11-32(34)44-18-30(40)24-5-9-26(36)28(38)14-24)20-3-4-21(13-20)23-8-12-33(35(17-23)43-2)45-19-31(41)25-6-10-27(37)29(39)15-25/h5-12,14-17,20-21H,3-4,13,18-19H2,1-2H3. The fourth-order valence-corrected chi connectivity index (χ4v) is 5.49. The van der Waals surface area contributed by atoms with Gasteiger partial charge in [0.25, 0.3) is 0 Å². The molecule has 0 aliphatic heterocycles. The number of hydrogen-bond donors (Lipinski definition) is 0. The van der Waals surface area contributed by atoms with Gasteiger partial charge in [-0.2, -0.15) is 0 Å². The van der Waals surface area contributed by atoms with Crippen LogP contribution in [-0.4, -0.2) is 39.0 Å². The Balaban J connectivity index is 1.20. The van der Waals surface area contributed by atoms with Crippen LogP contribution in [0.1, 0.15) is 62.9 Å². The van der Waals surface area contributed by atoms with E-state index in [1.807, 2.05) is 24.3 Å². The average Bonchev–Trinajstić information content (AvgIpc) is 3.55. The highest BCUT2D eigenvalue weighted by Gasteiger charge is 2.28. The molecule has 2 unspecified atom stereocenters. The van der Waals surface area contributed by atoms with E-state index in [2.05, 4.69) is 0 Å². The van der Waals surface area contributed by atoms with Gasteiger partial charge < -0.3 is 18.9 Å². The van der Waals surface area contributed by atoms with Crippen molar-refractivity contribution in [2.45, 2.75) is 31.1 Å². The molecule has 0 saturated heterocycles. The third-order valence-corrected chi connectivity index (χ3v) is 7.95. The zero-order chi connectivity index (χ0) is 32.1. The monoisotopic (exact) mass is 622 g/mol. The Morgan fingerprint density at radius 1 is 0.578 bits per heavy atom. The molecule has 0 heterocycles. The molecule has 45 heavy (non-hydrogen) atoms. The summed E-state index contributed by atoms with van der Waals surface area (Å²) in [5.41, 5.74) is 2.12. The molecule has 0 amide bonds. The first kappa shape index (κ1) is 31.6. The van der Waals surface area contributed by atoms with Gasteiger partial charge in [0.2, 0.25) is 0 Å². The lowest BCUT2D eigenvalue weighted by atomic mass is 9.92. The topological polar surface area (TPSA) is 71.1 Å². The summed E-state index contributed by atoms with van der Waals surface area (Å²) in [5.74, 6) is -3.18. The molecule has 1 fully saturated rings. The van der Waals surface area contributed by atoms with Crippen molar-refractivity contribution in [1.82, 2.24) is 0 Å². The SMILES string of the molecule is COc1cc(C2CCC(c3ccc(OCC(=O)c4ccc(F)c(F)c4)c(OC)c3)C2)ccc1OCC(=O)c1ccc(F)c(F)c1. The summed E-state index contributed by atoms with van der Waals surface area (Å²) in [7, 11) is 3.00. The van der Waals surface area contributed by atoms with Crippen molar-refractivity contribution in [3.05, 3.63) is 118 Å². The number of Topliss-reactive ketones (excluding diaryl/α,β-unsaturated/α-hetero) is 2. The minimum absolute atomic E-state index is 0.00730. The Bertz CT molecular complexity index is 1600. The highest BCUT2D eigenvalue weighted by Crippen LogP contribution is 2.46. The molecule has 4 aromatic rings. The van der Waals surface area contributed by atoms with Gasteiger partial charge in [0.1, 0.15) is 0 Å². The van der Waals surface area contributed by atoms with E-state index in [9.17, 15) is 27.2 Å². The number of ether oxygens (including phenoxy) is 4. The van der Waals surface area contributed by atoms with Crippen molar-refractivity contribution in [3.8, 4) is 23.0 Å². The summed E-state index contributed by atoms with van der Waals surface area (Å²) in [6.07, 6.45) is 2.70. The number of methoxy groups -OCH3 is 2. The first-order valence-corrected chi connectivity index (χ1v) is 14.2. The number of hydrogen-bond acceptors (Lipinski definition) is 6. The van der Waals surface area contributed by atoms with Gasteiger partial charge >= 0.3 is 0 Å². The summed E-state index contributed by atoms with van der Waals surface area (Å²) >= 11 is 0. The number of ketones is 2. The van der Waals surface area contributed by atoms with E-state index in [1.54, 1.807) is 12.1 Å². The normalized spacial score (nSPS) is 15.9. The van der Waals surface area contributed by atoms with Gasteiger partial charge in [-0.15, -0.1) is 0 Å². The predicted molar refractivity (Wildman–Crippen MR) is 158 cm³/mol. The molecular weight excluding hydrogens is 592 g/mol. The Hall–Kier alpha value is -4.86. The molecule has 0 aromatic heterocycles. The molecule has 6 nitrogen and oxygen atoms in total. The molecular formula is C35H30F4O6. The minimum atomic E-state index is -1.10. The molecule has 234 valence electrons. The lowest BCUT2D eigenvalue weighted by Crippen LogP contribution is -2.12. The summed E-state index contributed by atoms with van der Waals surface area (Å²) in [5, 5.41) is 0. The maximum absolute atomic E-state index is 13.5. The van der Waals surface area contributed by atoms with Gasteiger partial charge in [-0.3, -0.25) is 9.59 Å². The van der Waals surface area contributed by atoms with Gasteiger partial charge in [-0.05, 0) is 103 Å². The van der Waals surface area contributed by atoms with Gasteiger partial charge in [-0.1, -0.05) is 12.1 Å². The minimum Gasteiger partial charge on any atom is -0.493 e. The van der Waals surface area contributed by atoms with Crippen LogP contribution in [0.2, 0.25) is 0 Å². The van der Waals surface area contributed by atoms with Crippen LogP contribution in [0.25, 0.3) is 0 Å². The molecule has 1 aliphatic carbocycles. The summed E-state index contributed by atoms with van der Waals surface area (Å²) in [6.45, 7) is -0.737. The molecule has 1 saturated carbocycles. The van der Waals surface area contributed by atoms with Crippen LogP contribution in [0.3, 0.4) is 0 Å². The van der Waals surface area contributed by atoms with Crippen molar-refractivity contribution in [2.24, 2.45) is 0 Å². The van der Waals surface area contributed by atoms with Crippen LogP contribution in [0.15, 0.2) is 72.8 Å². The third-order valence-electron chi connectivity index (χ3n) is 7.95. The second kappa shape index (κ2) is 13.8. The van der Waals surface area contributed by atoms with E-state index in [0.717, 1.165) is 54.7 Å². The van der Waals surface area contributed by atoms with Gasteiger partial charge in [0.15, 0.2) is 71.0 Å². The molecule has 2 atom stereocenters. The van der Waals surface area contributed by atoms with Crippen molar-refractivity contribution in [1.29, 1.82) is 0 Å². The molecule has 5 rings (SSSR count). The van der Waals surface area contributed by atoms with Gasteiger partial charge in [0.05, 0.1) is 14.2 Å². The van der Waals surface area contributed by atoms with E-state index in [1.165, 1.54) is 26.4 Å². The maximum atomic E-state index is 13.5.